The lowest BCUT2D eigenvalue weighted by atomic mass is 10.1. The Labute approximate surface area is 106 Å². The van der Waals surface area contributed by atoms with Crippen molar-refractivity contribution in [3.63, 3.8) is 0 Å². The molecule has 5 heteroatoms. The van der Waals surface area contributed by atoms with E-state index in [-0.39, 0.29) is 17.0 Å². The Hall–Kier alpha value is -1.91. The number of carbonyl (C=O) groups excluding carboxylic acids is 1. The summed E-state index contributed by atoms with van der Waals surface area (Å²) in [5.74, 6) is 0.610. The largest absolute Gasteiger partial charge is 0.493 e. The first kappa shape index (κ1) is 14.2. The Morgan fingerprint density at radius 1 is 1.44 bits per heavy atom. The molecule has 1 aromatic rings. The maximum absolute atomic E-state index is 11.2. The summed E-state index contributed by atoms with van der Waals surface area (Å²) in [5, 5.41) is 10.9. The minimum Gasteiger partial charge on any atom is -0.493 e. The van der Waals surface area contributed by atoms with Gasteiger partial charge in [-0.3, -0.25) is 14.9 Å². The second-order valence-corrected chi connectivity index (χ2v) is 4.52. The van der Waals surface area contributed by atoms with Gasteiger partial charge in [0.25, 0.3) is 5.69 Å². The van der Waals surface area contributed by atoms with Crippen LogP contribution in [0.5, 0.6) is 5.75 Å². The van der Waals surface area contributed by atoms with E-state index in [1.165, 1.54) is 19.1 Å². The summed E-state index contributed by atoms with van der Waals surface area (Å²) in [5.41, 5.74) is -0.0965. The van der Waals surface area contributed by atoms with E-state index in [2.05, 4.69) is 13.8 Å². The molecule has 0 fully saturated rings. The fourth-order valence-corrected chi connectivity index (χ4v) is 1.46. The molecule has 0 atom stereocenters. The molecule has 0 saturated heterocycles. The van der Waals surface area contributed by atoms with Gasteiger partial charge in [0.1, 0.15) is 5.75 Å². The summed E-state index contributed by atoms with van der Waals surface area (Å²) in [6, 6.07) is 4.33. The van der Waals surface area contributed by atoms with Crippen molar-refractivity contribution in [1.82, 2.24) is 0 Å². The number of carbonyl (C=O) groups is 1. The summed E-state index contributed by atoms with van der Waals surface area (Å²) in [7, 11) is 0. The van der Waals surface area contributed by atoms with Crippen LogP contribution in [0.2, 0.25) is 0 Å². The van der Waals surface area contributed by atoms with Gasteiger partial charge in [-0.2, -0.15) is 0 Å². The molecule has 0 bridgehead atoms. The molecule has 1 rings (SSSR count). The van der Waals surface area contributed by atoms with Crippen LogP contribution < -0.4 is 4.74 Å². The maximum atomic E-state index is 11.2. The van der Waals surface area contributed by atoms with Crippen LogP contribution in [0, 0.1) is 16.0 Å². The molecule has 0 saturated carbocycles. The van der Waals surface area contributed by atoms with Crippen molar-refractivity contribution in [2.75, 3.05) is 6.61 Å². The van der Waals surface area contributed by atoms with Crippen LogP contribution in [0.1, 0.15) is 37.6 Å². The van der Waals surface area contributed by atoms with Gasteiger partial charge in [-0.15, -0.1) is 0 Å². The van der Waals surface area contributed by atoms with Gasteiger partial charge in [0.2, 0.25) is 0 Å². The highest BCUT2D eigenvalue weighted by molar-refractivity contribution is 5.98. The van der Waals surface area contributed by atoms with Crippen LogP contribution >= 0.6 is 0 Å². The normalized spacial score (nSPS) is 10.4. The van der Waals surface area contributed by atoms with Crippen molar-refractivity contribution in [3.05, 3.63) is 33.9 Å². The molecule has 0 aliphatic rings. The summed E-state index contributed by atoms with van der Waals surface area (Å²) in [6.07, 6.45) is 0.877. The maximum Gasteiger partial charge on any atom is 0.283 e. The van der Waals surface area contributed by atoms with Gasteiger partial charge in [-0.1, -0.05) is 13.8 Å². The van der Waals surface area contributed by atoms with Crippen molar-refractivity contribution in [3.8, 4) is 5.75 Å². The molecule has 0 spiro atoms. The average molecular weight is 251 g/mol. The van der Waals surface area contributed by atoms with Gasteiger partial charge in [0, 0.05) is 0 Å². The molecule has 0 unspecified atom stereocenters. The highest BCUT2D eigenvalue weighted by Crippen LogP contribution is 2.25. The van der Waals surface area contributed by atoms with Gasteiger partial charge >= 0.3 is 0 Å². The standard InChI is InChI=1S/C13H17NO4/c1-9(2)6-7-18-11-4-5-12(10(3)15)13(8-11)14(16)17/h4-5,8-9H,6-7H2,1-3H3. The summed E-state index contributed by atoms with van der Waals surface area (Å²) in [4.78, 5) is 21.5. The molecule has 0 aromatic heterocycles. The van der Waals surface area contributed by atoms with E-state index in [9.17, 15) is 14.9 Å². The van der Waals surface area contributed by atoms with Crippen LogP contribution in [-0.4, -0.2) is 17.3 Å². The predicted molar refractivity (Wildman–Crippen MR) is 68.1 cm³/mol. The van der Waals surface area contributed by atoms with Crippen LogP contribution in [0.3, 0.4) is 0 Å². The van der Waals surface area contributed by atoms with E-state index in [0.29, 0.717) is 18.3 Å². The van der Waals surface area contributed by atoms with Crippen LogP contribution in [0.4, 0.5) is 5.69 Å². The Kier molecular flexibility index (Phi) is 4.83. The van der Waals surface area contributed by atoms with Gasteiger partial charge in [0.15, 0.2) is 5.78 Å². The molecular weight excluding hydrogens is 234 g/mol. The molecule has 5 nitrogen and oxygen atoms in total. The zero-order valence-electron chi connectivity index (χ0n) is 10.8. The molecule has 0 N–H and O–H groups in total. The number of nitro groups is 1. The summed E-state index contributed by atoms with van der Waals surface area (Å²) in [6.45, 7) is 5.96. The monoisotopic (exact) mass is 251 g/mol. The molecule has 98 valence electrons. The second-order valence-electron chi connectivity index (χ2n) is 4.52. The van der Waals surface area contributed by atoms with E-state index in [1.54, 1.807) is 6.07 Å². The quantitative estimate of drug-likeness (QED) is 0.442. The van der Waals surface area contributed by atoms with Gasteiger partial charge in [-0.25, -0.2) is 0 Å². The van der Waals surface area contributed by atoms with Crippen molar-refractivity contribution in [2.45, 2.75) is 27.2 Å². The molecule has 0 aliphatic heterocycles. The Bertz CT molecular complexity index is 454. The number of hydrogen-bond acceptors (Lipinski definition) is 4. The number of ketones is 1. The first-order valence-corrected chi connectivity index (χ1v) is 5.84. The third-order valence-corrected chi connectivity index (χ3v) is 2.51. The number of nitrogens with zero attached hydrogens (tertiary/aromatic N) is 1. The topological polar surface area (TPSA) is 69.4 Å². The average Bonchev–Trinajstić information content (AvgIpc) is 2.28. The highest BCUT2D eigenvalue weighted by Gasteiger charge is 2.18. The van der Waals surface area contributed by atoms with Gasteiger partial charge in [-0.05, 0) is 31.4 Å². The first-order valence-electron chi connectivity index (χ1n) is 5.84. The molecule has 0 radical (unpaired) electrons. The van der Waals surface area contributed by atoms with E-state index < -0.39 is 4.92 Å². The fraction of sp³-hybridized carbons (Fsp3) is 0.462. The number of hydrogen-bond donors (Lipinski definition) is 0. The first-order chi connectivity index (χ1) is 8.41. The molecular formula is C13H17NO4. The third kappa shape index (κ3) is 3.84. The van der Waals surface area contributed by atoms with E-state index in [1.807, 2.05) is 0 Å². The van der Waals surface area contributed by atoms with Crippen molar-refractivity contribution < 1.29 is 14.5 Å². The van der Waals surface area contributed by atoms with Crippen molar-refractivity contribution in [2.24, 2.45) is 5.92 Å². The van der Waals surface area contributed by atoms with Crippen LogP contribution in [-0.2, 0) is 0 Å². The molecule has 0 heterocycles. The number of benzene rings is 1. The molecule has 18 heavy (non-hydrogen) atoms. The Morgan fingerprint density at radius 2 is 2.11 bits per heavy atom. The lowest BCUT2D eigenvalue weighted by molar-refractivity contribution is -0.385. The fourth-order valence-electron chi connectivity index (χ4n) is 1.46. The minimum absolute atomic E-state index is 0.108. The van der Waals surface area contributed by atoms with E-state index in [4.69, 9.17) is 4.74 Å². The molecule has 1 aromatic carbocycles. The summed E-state index contributed by atoms with van der Waals surface area (Å²) < 4.78 is 5.43. The van der Waals surface area contributed by atoms with E-state index in [0.717, 1.165) is 6.42 Å². The van der Waals surface area contributed by atoms with Gasteiger partial charge in [0.05, 0.1) is 23.2 Å². The lowest BCUT2D eigenvalue weighted by Gasteiger charge is -2.08. The smallest absolute Gasteiger partial charge is 0.283 e. The molecule has 0 amide bonds. The van der Waals surface area contributed by atoms with Crippen LogP contribution in [0.15, 0.2) is 18.2 Å². The van der Waals surface area contributed by atoms with Crippen molar-refractivity contribution >= 4 is 11.5 Å². The zero-order valence-corrected chi connectivity index (χ0v) is 10.8. The Balaban J connectivity index is 2.87. The number of rotatable bonds is 6. The highest BCUT2D eigenvalue weighted by atomic mass is 16.6. The third-order valence-electron chi connectivity index (χ3n) is 2.51. The SMILES string of the molecule is CC(=O)c1ccc(OCCC(C)C)cc1[N+](=O)[O-]. The number of nitro benzene ring substituents is 1. The zero-order chi connectivity index (χ0) is 13.7. The minimum atomic E-state index is -0.563. The second kappa shape index (κ2) is 6.14. The summed E-state index contributed by atoms with van der Waals surface area (Å²) >= 11 is 0. The Morgan fingerprint density at radius 3 is 2.61 bits per heavy atom. The number of Topliss-reactive ketones (excluding diaryl/α,β-unsaturated/α-hetero) is 1. The van der Waals surface area contributed by atoms with Crippen molar-refractivity contribution in [1.29, 1.82) is 0 Å². The number of ether oxygens (including phenoxy) is 1. The molecule has 0 aliphatic carbocycles. The lowest BCUT2D eigenvalue weighted by Crippen LogP contribution is -2.04. The van der Waals surface area contributed by atoms with Gasteiger partial charge < -0.3 is 4.74 Å². The van der Waals surface area contributed by atoms with Crippen LogP contribution in [0.25, 0.3) is 0 Å². The van der Waals surface area contributed by atoms with E-state index >= 15 is 0 Å². The predicted octanol–water partition coefficient (Wildman–Crippen LogP) is 3.22.